The molecule has 0 amide bonds. The van der Waals surface area contributed by atoms with Crippen molar-refractivity contribution < 1.29 is 9.90 Å². The third kappa shape index (κ3) is 4.43. The lowest BCUT2D eigenvalue weighted by molar-refractivity contribution is -0.122. The number of halogens is 2. The number of carbonyl (C=O) groups is 1. The molecular formula is C20H24Cl2N2O2. The first-order valence-electron chi connectivity index (χ1n) is 8.39. The summed E-state index contributed by atoms with van der Waals surface area (Å²) in [6, 6.07) is 7.78. The Labute approximate surface area is 165 Å². The third-order valence-corrected chi connectivity index (χ3v) is 4.55. The van der Waals surface area contributed by atoms with E-state index in [1.54, 1.807) is 6.08 Å². The van der Waals surface area contributed by atoms with E-state index in [-0.39, 0.29) is 23.9 Å². The number of Topliss-reactive ketones (excluding diaryl/α,β-unsaturated/α-hetero) is 1. The van der Waals surface area contributed by atoms with Gasteiger partial charge in [0.15, 0.2) is 5.78 Å². The van der Waals surface area contributed by atoms with Crippen LogP contribution in [-0.4, -0.2) is 33.8 Å². The van der Waals surface area contributed by atoms with E-state index >= 15 is 0 Å². The van der Waals surface area contributed by atoms with Crippen LogP contribution in [-0.2, 0) is 11.3 Å². The largest absolute Gasteiger partial charge is 0.506 e. The van der Waals surface area contributed by atoms with Gasteiger partial charge in [-0.3, -0.25) is 4.79 Å². The molecule has 1 aromatic carbocycles. The number of benzene rings is 1. The molecule has 1 aromatic rings. The summed E-state index contributed by atoms with van der Waals surface area (Å²) < 4.78 is 0. The first-order valence-corrected chi connectivity index (χ1v) is 8.76. The number of hydrogen-bond acceptors (Lipinski definition) is 4. The van der Waals surface area contributed by atoms with Crippen LogP contribution in [0.5, 0.6) is 0 Å². The number of nitrogens with zero attached hydrogens (tertiary/aromatic N) is 2. The van der Waals surface area contributed by atoms with Crippen molar-refractivity contribution >= 4 is 29.8 Å². The van der Waals surface area contributed by atoms with E-state index in [9.17, 15) is 9.90 Å². The Balaban J connectivity index is 0.00000243. The summed E-state index contributed by atoms with van der Waals surface area (Å²) in [6.07, 6.45) is 5.35. The van der Waals surface area contributed by atoms with Gasteiger partial charge in [0.2, 0.25) is 0 Å². The molecule has 1 N–H and O–H groups in total. The van der Waals surface area contributed by atoms with Gasteiger partial charge in [-0.05, 0) is 23.8 Å². The topological polar surface area (TPSA) is 43.8 Å². The molecule has 0 aliphatic carbocycles. The van der Waals surface area contributed by atoms with Crippen LogP contribution in [0.25, 0.3) is 0 Å². The van der Waals surface area contributed by atoms with Gasteiger partial charge >= 0.3 is 0 Å². The van der Waals surface area contributed by atoms with Crippen LogP contribution >= 0.6 is 24.0 Å². The van der Waals surface area contributed by atoms with E-state index in [0.29, 0.717) is 12.1 Å². The van der Waals surface area contributed by atoms with Crippen molar-refractivity contribution in [3.63, 3.8) is 0 Å². The standard InChI is InChI=1S/C20H23ClN2O2.ClH/c1-20(2,3)19(25)15-10-18(24)17-13-22(7-8-23(17)12-15)11-14-5-4-6-16(21)9-14;/h4-6,9-10,12-13,24H,7-8,11H2,1-3H3;1H. The molecule has 26 heavy (non-hydrogen) atoms. The second kappa shape index (κ2) is 7.77. The van der Waals surface area contributed by atoms with Crippen molar-refractivity contribution in [2.45, 2.75) is 27.3 Å². The summed E-state index contributed by atoms with van der Waals surface area (Å²) in [6.45, 7) is 7.89. The molecule has 2 aliphatic rings. The first kappa shape index (κ1) is 20.4. The normalized spacial score (nSPS) is 16.8. The minimum Gasteiger partial charge on any atom is -0.506 e. The Hall–Kier alpha value is -1.91. The molecule has 2 heterocycles. The zero-order valence-electron chi connectivity index (χ0n) is 15.2. The van der Waals surface area contributed by atoms with Crippen molar-refractivity contribution in [2.75, 3.05) is 13.1 Å². The molecule has 0 unspecified atom stereocenters. The van der Waals surface area contributed by atoms with Crippen molar-refractivity contribution in [3.05, 3.63) is 70.4 Å². The molecule has 0 atom stereocenters. The Bertz CT molecular complexity index is 791. The van der Waals surface area contributed by atoms with Crippen LogP contribution in [0.3, 0.4) is 0 Å². The fourth-order valence-corrected chi connectivity index (χ4v) is 3.21. The SMILES string of the molecule is CC(C)(C)C(=O)C1=CN2CCN(Cc3cccc(Cl)c3)C=C2C(O)=C1.Cl. The smallest absolute Gasteiger partial charge is 0.169 e. The number of hydrogen-bond donors (Lipinski definition) is 1. The maximum Gasteiger partial charge on any atom is 0.169 e. The molecule has 3 rings (SSSR count). The predicted octanol–water partition coefficient (Wildman–Crippen LogP) is 4.68. The van der Waals surface area contributed by atoms with Crippen molar-refractivity contribution in [3.8, 4) is 0 Å². The molecule has 0 spiro atoms. The number of rotatable bonds is 3. The van der Waals surface area contributed by atoms with Crippen molar-refractivity contribution in [2.24, 2.45) is 5.41 Å². The molecule has 0 radical (unpaired) electrons. The van der Waals surface area contributed by atoms with Gasteiger partial charge in [-0.1, -0.05) is 44.5 Å². The van der Waals surface area contributed by atoms with E-state index < -0.39 is 5.41 Å². The summed E-state index contributed by atoms with van der Waals surface area (Å²) in [5.74, 6) is 0.158. The quantitative estimate of drug-likeness (QED) is 0.808. The molecule has 2 aliphatic heterocycles. The number of carbonyl (C=O) groups excluding carboxylic acids is 1. The van der Waals surface area contributed by atoms with Gasteiger partial charge in [0.05, 0.1) is 5.70 Å². The van der Waals surface area contributed by atoms with Gasteiger partial charge in [0.25, 0.3) is 0 Å². The fraction of sp³-hybridized carbons (Fsp3) is 0.350. The number of aliphatic hydroxyl groups is 1. The lowest BCUT2D eigenvalue weighted by Gasteiger charge is -2.36. The average Bonchev–Trinajstić information content (AvgIpc) is 2.53. The molecular weight excluding hydrogens is 371 g/mol. The van der Waals surface area contributed by atoms with Crippen molar-refractivity contribution in [1.82, 2.24) is 9.80 Å². The van der Waals surface area contributed by atoms with Crippen LogP contribution in [0.4, 0.5) is 0 Å². The maximum atomic E-state index is 12.5. The summed E-state index contributed by atoms with van der Waals surface area (Å²) in [4.78, 5) is 16.6. The molecule has 0 saturated carbocycles. The number of aliphatic hydroxyl groups excluding tert-OH is 1. The van der Waals surface area contributed by atoms with Crippen LogP contribution in [0.2, 0.25) is 5.02 Å². The summed E-state index contributed by atoms with van der Waals surface area (Å²) in [5, 5.41) is 11.1. The minimum atomic E-state index is -0.474. The Morgan fingerprint density at radius 3 is 2.62 bits per heavy atom. The number of ketones is 1. The molecule has 0 bridgehead atoms. The van der Waals surface area contributed by atoms with Gasteiger partial charge in [0, 0.05) is 48.0 Å². The zero-order valence-corrected chi connectivity index (χ0v) is 16.8. The molecule has 6 heteroatoms. The Kier molecular flexibility index (Phi) is 6.09. The van der Waals surface area contributed by atoms with E-state index in [1.807, 2.05) is 62.3 Å². The number of fused-ring (bicyclic) bond motifs is 1. The van der Waals surface area contributed by atoms with E-state index in [2.05, 4.69) is 4.90 Å². The lowest BCUT2D eigenvalue weighted by Crippen LogP contribution is -2.38. The highest BCUT2D eigenvalue weighted by molar-refractivity contribution is 6.30. The van der Waals surface area contributed by atoms with Gasteiger partial charge in [0.1, 0.15) is 5.76 Å². The van der Waals surface area contributed by atoms with Crippen LogP contribution < -0.4 is 0 Å². The maximum absolute atomic E-state index is 12.5. The van der Waals surface area contributed by atoms with E-state index in [4.69, 9.17) is 11.6 Å². The van der Waals surface area contributed by atoms with Crippen molar-refractivity contribution in [1.29, 1.82) is 0 Å². The monoisotopic (exact) mass is 394 g/mol. The van der Waals surface area contributed by atoms with Gasteiger partial charge < -0.3 is 14.9 Å². The van der Waals surface area contributed by atoms with Gasteiger partial charge in [-0.2, -0.15) is 0 Å². The highest BCUT2D eigenvalue weighted by Crippen LogP contribution is 2.30. The molecule has 140 valence electrons. The van der Waals surface area contributed by atoms with Crippen LogP contribution in [0.1, 0.15) is 26.3 Å². The van der Waals surface area contributed by atoms with Gasteiger partial charge in [-0.25, -0.2) is 0 Å². The molecule has 4 nitrogen and oxygen atoms in total. The Morgan fingerprint density at radius 1 is 1.23 bits per heavy atom. The van der Waals surface area contributed by atoms with E-state index in [0.717, 1.165) is 29.4 Å². The predicted molar refractivity (Wildman–Crippen MR) is 107 cm³/mol. The summed E-state index contributed by atoms with van der Waals surface area (Å²) in [5.41, 5.74) is 1.92. The van der Waals surface area contributed by atoms with Crippen LogP contribution in [0.15, 0.2) is 59.8 Å². The second-order valence-corrected chi connectivity index (χ2v) is 7.94. The molecule has 0 fully saturated rings. The molecule has 0 saturated heterocycles. The Morgan fingerprint density at radius 2 is 1.96 bits per heavy atom. The van der Waals surface area contributed by atoms with E-state index in [1.165, 1.54) is 0 Å². The average molecular weight is 395 g/mol. The van der Waals surface area contributed by atoms with Crippen LogP contribution in [0, 0.1) is 5.41 Å². The minimum absolute atomic E-state index is 0. The third-order valence-electron chi connectivity index (χ3n) is 4.31. The highest BCUT2D eigenvalue weighted by atomic mass is 35.5. The molecule has 0 aromatic heterocycles. The second-order valence-electron chi connectivity index (χ2n) is 7.50. The van der Waals surface area contributed by atoms with Gasteiger partial charge in [-0.15, -0.1) is 12.4 Å². The first-order chi connectivity index (χ1) is 11.7. The summed E-state index contributed by atoms with van der Waals surface area (Å²) in [7, 11) is 0. The summed E-state index contributed by atoms with van der Waals surface area (Å²) >= 11 is 6.05. The number of allylic oxidation sites excluding steroid dienone is 2. The zero-order chi connectivity index (χ0) is 18.2. The lowest BCUT2D eigenvalue weighted by atomic mass is 9.85. The fourth-order valence-electron chi connectivity index (χ4n) is 2.99. The highest BCUT2D eigenvalue weighted by Gasteiger charge is 2.30.